The van der Waals surface area contributed by atoms with Gasteiger partial charge in [0.15, 0.2) is 0 Å². The van der Waals surface area contributed by atoms with E-state index >= 15 is 0 Å². The molecule has 1 fully saturated rings. The fourth-order valence-electron chi connectivity index (χ4n) is 2.73. The number of anilines is 1. The lowest BCUT2D eigenvalue weighted by Crippen LogP contribution is -2.19. The Labute approximate surface area is 163 Å². The summed E-state index contributed by atoms with van der Waals surface area (Å²) in [6.45, 7) is 1.76. The molecule has 1 aliphatic rings. The van der Waals surface area contributed by atoms with Crippen LogP contribution in [-0.4, -0.2) is 39.8 Å². The molecule has 6 nitrogen and oxygen atoms in total. The summed E-state index contributed by atoms with van der Waals surface area (Å²) < 4.78 is 8.19. The van der Waals surface area contributed by atoms with Crippen LogP contribution >= 0.6 is 34.2 Å². The van der Waals surface area contributed by atoms with Crippen LogP contribution in [0.4, 0.5) is 5.69 Å². The minimum absolute atomic E-state index is 0.210. The van der Waals surface area contributed by atoms with Gasteiger partial charge in [0.1, 0.15) is 5.56 Å². The topological polar surface area (TPSA) is 80.6 Å². The summed E-state index contributed by atoms with van der Waals surface area (Å²) in [4.78, 5) is 24.0. The van der Waals surface area contributed by atoms with Crippen molar-refractivity contribution in [3.05, 3.63) is 39.1 Å². The molecule has 0 spiro atoms. The molecule has 1 aromatic carbocycles. The molecule has 0 amide bonds. The maximum absolute atomic E-state index is 12.6. The van der Waals surface area contributed by atoms with Gasteiger partial charge in [-0.3, -0.25) is 4.79 Å². The number of alkyl halides is 1. The van der Waals surface area contributed by atoms with E-state index in [2.05, 4.69) is 27.9 Å². The normalized spacial score (nSPS) is 14.0. The summed E-state index contributed by atoms with van der Waals surface area (Å²) in [5, 5.41) is 13.3. The number of carboxylic acid groups (broad SMARTS) is 1. The molecule has 0 unspecified atom stereocenters. The molecular formula is C17H18ClIN2O4. The monoisotopic (exact) mass is 476 g/mol. The van der Waals surface area contributed by atoms with Crippen LogP contribution in [-0.2, 0) is 4.74 Å². The van der Waals surface area contributed by atoms with E-state index in [1.807, 2.05) is 4.57 Å². The van der Waals surface area contributed by atoms with Crippen LogP contribution in [0.5, 0.6) is 0 Å². The molecule has 0 aliphatic heterocycles. The molecule has 2 N–H and O–H groups in total. The second-order valence-corrected chi connectivity index (χ2v) is 7.38. The third-order valence-corrected chi connectivity index (χ3v) is 4.83. The number of ether oxygens (including phenoxy) is 1. The van der Waals surface area contributed by atoms with Crippen LogP contribution in [0.2, 0.25) is 5.02 Å². The highest BCUT2D eigenvalue weighted by molar-refractivity contribution is 14.1. The number of nitrogens with zero attached hydrogens (tertiary/aromatic N) is 1. The first-order valence-electron chi connectivity index (χ1n) is 8.02. The Bertz CT molecular complexity index is 864. The summed E-state index contributed by atoms with van der Waals surface area (Å²) in [7, 11) is 0. The van der Waals surface area contributed by atoms with Crippen molar-refractivity contribution >= 4 is 56.8 Å². The molecule has 1 aliphatic carbocycles. The zero-order valence-electron chi connectivity index (χ0n) is 13.4. The number of nitrogens with one attached hydrogen (secondary N) is 1. The van der Waals surface area contributed by atoms with E-state index in [-0.39, 0.29) is 11.6 Å². The van der Waals surface area contributed by atoms with E-state index < -0.39 is 11.4 Å². The number of hydrogen-bond acceptors (Lipinski definition) is 4. The zero-order chi connectivity index (χ0) is 18.0. The second kappa shape index (κ2) is 7.92. The van der Waals surface area contributed by atoms with E-state index in [1.165, 1.54) is 6.20 Å². The molecule has 3 rings (SSSR count). The van der Waals surface area contributed by atoms with Gasteiger partial charge in [-0.2, -0.15) is 0 Å². The molecule has 0 atom stereocenters. The highest BCUT2D eigenvalue weighted by atomic mass is 127. The Morgan fingerprint density at radius 2 is 2.16 bits per heavy atom. The quantitative estimate of drug-likeness (QED) is 0.346. The Balaban J connectivity index is 1.98. The first-order chi connectivity index (χ1) is 12.0. The number of carbonyl (C=O) groups is 1. The number of halogens is 2. The van der Waals surface area contributed by atoms with Crippen LogP contribution in [0.3, 0.4) is 0 Å². The molecule has 25 heavy (non-hydrogen) atoms. The molecule has 1 aromatic heterocycles. The van der Waals surface area contributed by atoms with Gasteiger partial charge in [0, 0.05) is 28.6 Å². The van der Waals surface area contributed by atoms with Crippen molar-refractivity contribution in [2.75, 3.05) is 29.5 Å². The number of pyridine rings is 1. The van der Waals surface area contributed by atoms with E-state index in [9.17, 15) is 14.7 Å². The van der Waals surface area contributed by atoms with Crippen molar-refractivity contribution in [2.45, 2.75) is 18.9 Å². The molecule has 2 aromatic rings. The average Bonchev–Trinajstić information content (AvgIpc) is 3.40. The number of benzene rings is 1. The molecule has 0 bridgehead atoms. The zero-order valence-corrected chi connectivity index (χ0v) is 16.3. The summed E-state index contributed by atoms with van der Waals surface area (Å²) in [5.74, 6) is -1.21. The van der Waals surface area contributed by atoms with Crippen LogP contribution in [0, 0.1) is 0 Å². The summed E-state index contributed by atoms with van der Waals surface area (Å²) in [6, 6.07) is 3.61. The van der Waals surface area contributed by atoms with Gasteiger partial charge in [0.2, 0.25) is 5.43 Å². The first-order valence-corrected chi connectivity index (χ1v) is 9.92. The van der Waals surface area contributed by atoms with Gasteiger partial charge in [-0.1, -0.05) is 34.2 Å². The number of aromatic nitrogens is 1. The third kappa shape index (κ3) is 4.09. The van der Waals surface area contributed by atoms with Gasteiger partial charge in [0.05, 0.1) is 29.4 Å². The predicted molar refractivity (Wildman–Crippen MR) is 107 cm³/mol. The van der Waals surface area contributed by atoms with E-state index in [0.29, 0.717) is 41.4 Å². The Hall–Kier alpha value is -1.32. The van der Waals surface area contributed by atoms with Crippen molar-refractivity contribution in [3.8, 4) is 0 Å². The molecular weight excluding hydrogens is 459 g/mol. The lowest BCUT2D eigenvalue weighted by molar-refractivity contribution is 0.0695. The van der Waals surface area contributed by atoms with Crippen LogP contribution < -0.4 is 10.7 Å². The van der Waals surface area contributed by atoms with Crippen molar-refractivity contribution < 1.29 is 14.6 Å². The summed E-state index contributed by atoms with van der Waals surface area (Å²) >= 11 is 8.60. The van der Waals surface area contributed by atoms with Crippen molar-refractivity contribution in [1.29, 1.82) is 0 Å². The van der Waals surface area contributed by atoms with E-state index in [0.717, 1.165) is 17.3 Å². The molecule has 134 valence electrons. The lowest BCUT2D eigenvalue weighted by atomic mass is 10.1. The van der Waals surface area contributed by atoms with E-state index in [1.54, 1.807) is 12.1 Å². The molecule has 8 heteroatoms. The lowest BCUT2D eigenvalue weighted by Gasteiger charge is -2.15. The molecule has 0 radical (unpaired) electrons. The number of rotatable bonds is 8. The largest absolute Gasteiger partial charge is 0.477 e. The van der Waals surface area contributed by atoms with Crippen molar-refractivity contribution in [2.24, 2.45) is 0 Å². The van der Waals surface area contributed by atoms with Gasteiger partial charge in [-0.05, 0) is 25.0 Å². The summed E-state index contributed by atoms with van der Waals surface area (Å²) in [5.41, 5.74) is 0.585. The Morgan fingerprint density at radius 3 is 2.80 bits per heavy atom. The number of aromatic carboxylic acids is 1. The van der Waals surface area contributed by atoms with Gasteiger partial charge >= 0.3 is 5.97 Å². The average molecular weight is 477 g/mol. The first kappa shape index (κ1) is 18.5. The van der Waals surface area contributed by atoms with Crippen molar-refractivity contribution in [1.82, 2.24) is 4.57 Å². The van der Waals surface area contributed by atoms with Crippen LogP contribution in [0.15, 0.2) is 23.1 Å². The number of fused-ring (bicyclic) bond motifs is 1. The SMILES string of the molecule is O=C(O)c1cn(C2CC2)c2cc(Cl)c(NCCOCCI)cc2c1=O. The van der Waals surface area contributed by atoms with Crippen molar-refractivity contribution in [3.63, 3.8) is 0 Å². The molecule has 1 saturated carbocycles. The maximum Gasteiger partial charge on any atom is 0.341 e. The minimum Gasteiger partial charge on any atom is -0.477 e. The number of hydrogen-bond donors (Lipinski definition) is 2. The number of carboxylic acids is 1. The van der Waals surface area contributed by atoms with E-state index in [4.69, 9.17) is 16.3 Å². The highest BCUT2D eigenvalue weighted by Gasteiger charge is 2.27. The fraction of sp³-hybridized carbons (Fsp3) is 0.412. The standard InChI is InChI=1S/C17H18ClIN2O4/c18-13-8-15-11(7-14(13)20-4-6-25-5-3-19)16(22)12(17(23)24)9-21(15)10-1-2-10/h7-10,20H,1-6H2,(H,23,24). The van der Waals surface area contributed by atoms with Crippen LogP contribution in [0.25, 0.3) is 10.9 Å². The molecule has 0 saturated heterocycles. The van der Waals surface area contributed by atoms with Gasteiger partial charge in [-0.15, -0.1) is 0 Å². The fourth-order valence-corrected chi connectivity index (χ4v) is 3.26. The minimum atomic E-state index is -1.21. The van der Waals surface area contributed by atoms with Crippen LogP contribution in [0.1, 0.15) is 29.2 Å². The second-order valence-electron chi connectivity index (χ2n) is 5.89. The van der Waals surface area contributed by atoms with Gasteiger partial charge in [0.25, 0.3) is 0 Å². The Kier molecular flexibility index (Phi) is 5.85. The Morgan fingerprint density at radius 1 is 1.40 bits per heavy atom. The summed E-state index contributed by atoms with van der Waals surface area (Å²) in [6.07, 6.45) is 3.39. The molecule has 1 heterocycles. The highest BCUT2D eigenvalue weighted by Crippen LogP contribution is 2.38. The van der Waals surface area contributed by atoms with Gasteiger partial charge < -0.3 is 19.7 Å². The third-order valence-electron chi connectivity index (χ3n) is 4.07. The predicted octanol–water partition coefficient (Wildman–Crippen LogP) is 3.55. The maximum atomic E-state index is 12.6. The van der Waals surface area contributed by atoms with Gasteiger partial charge in [-0.25, -0.2) is 4.79 Å². The smallest absolute Gasteiger partial charge is 0.341 e.